The third-order valence-corrected chi connectivity index (χ3v) is 3.53. The summed E-state index contributed by atoms with van der Waals surface area (Å²) in [5.74, 6) is 0.216. The number of anilines is 1. The molecule has 6 nitrogen and oxygen atoms in total. The normalized spacial score (nSPS) is 16.3. The highest BCUT2D eigenvalue weighted by molar-refractivity contribution is 7.92. The van der Waals surface area contributed by atoms with Gasteiger partial charge in [-0.25, -0.2) is 13.1 Å². The van der Waals surface area contributed by atoms with E-state index < -0.39 is 10.0 Å². The molecule has 0 unspecified atom stereocenters. The summed E-state index contributed by atoms with van der Waals surface area (Å²) in [4.78, 5) is 4.02. The highest BCUT2D eigenvalue weighted by Gasteiger charge is 2.27. The van der Waals surface area contributed by atoms with Gasteiger partial charge in [0.05, 0.1) is 5.69 Å². The summed E-state index contributed by atoms with van der Waals surface area (Å²) >= 11 is 0. The Hall–Kier alpha value is -1.89. The second-order valence-electron chi connectivity index (χ2n) is 3.07. The van der Waals surface area contributed by atoms with Crippen molar-refractivity contribution in [3.05, 3.63) is 30.6 Å². The molecule has 1 aromatic heterocycles. The van der Waals surface area contributed by atoms with Gasteiger partial charge < -0.3 is 0 Å². The Morgan fingerprint density at radius 2 is 2.07 bits per heavy atom. The number of fused-ring (bicyclic) bond motifs is 3. The average molecular weight is 222 g/mol. The molecule has 0 fully saturated rings. The Kier molecular flexibility index (Phi) is 1.44. The molecule has 7 heteroatoms. The van der Waals surface area contributed by atoms with Crippen LogP contribution in [0.3, 0.4) is 0 Å². The van der Waals surface area contributed by atoms with Crippen LogP contribution < -0.4 is 4.72 Å². The van der Waals surface area contributed by atoms with Crippen LogP contribution >= 0.6 is 0 Å². The second-order valence-corrected chi connectivity index (χ2v) is 4.72. The van der Waals surface area contributed by atoms with E-state index in [4.69, 9.17) is 0 Å². The number of sulfonamides is 1. The maximum atomic E-state index is 11.7. The fourth-order valence-corrected chi connectivity index (χ4v) is 2.70. The molecule has 15 heavy (non-hydrogen) atoms. The molecule has 0 radical (unpaired) electrons. The van der Waals surface area contributed by atoms with Crippen LogP contribution in [0, 0.1) is 0 Å². The number of hydrogen-bond donors (Lipinski definition) is 1. The number of nitrogens with one attached hydrogen (secondary N) is 1. The van der Waals surface area contributed by atoms with E-state index >= 15 is 0 Å². The molecule has 2 heterocycles. The standard InChI is InChI=1S/C8H6N4O2S/c13-15(14)7-4-2-1-3-6(7)12-8(11-15)9-5-10-12/h1-5H,(H,9,10,11). The maximum absolute atomic E-state index is 11.7. The van der Waals surface area contributed by atoms with Crippen LogP contribution in [0.25, 0.3) is 5.69 Å². The zero-order valence-electron chi connectivity index (χ0n) is 7.45. The van der Waals surface area contributed by atoms with Crippen LogP contribution in [0.15, 0.2) is 35.5 Å². The van der Waals surface area contributed by atoms with Crippen molar-refractivity contribution < 1.29 is 8.42 Å². The lowest BCUT2D eigenvalue weighted by molar-refractivity contribution is 0.597. The molecule has 1 N–H and O–H groups in total. The van der Waals surface area contributed by atoms with Gasteiger partial charge in [-0.15, -0.1) is 0 Å². The predicted molar refractivity (Wildman–Crippen MR) is 52.2 cm³/mol. The van der Waals surface area contributed by atoms with Gasteiger partial charge in [-0.2, -0.15) is 14.8 Å². The highest BCUT2D eigenvalue weighted by Crippen LogP contribution is 2.27. The fraction of sp³-hybridized carbons (Fsp3) is 0. The molecule has 0 saturated heterocycles. The minimum Gasteiger partial charge on any atom is -0.247 e. The zero-order chi connectivity index (χ0) is 10.5. The molecule has 0 atom stereocenters. The summed E-state index contributed by atoms with van der Waals surface area (Å²) in [7, 11) is -3.50. The highest BCUT2D eigenvalue weighted by atomic mass is 32.2. The van der Waals surface area contributed by atoms with Crippen molar-refractivity contribution in [3.8, 4) is 5.69 Å². The van der Waals surface area contributed by atoms with Gasteiger partial charge in [-0.05, 0) is 12.1 Å². The van der Waals surface area contributed by atoms with Crippen LogP contribution in [-0.4, -0.2) is 23.2 Å². The minimum atomic E-state index is -3.50. The number of rotatable bonds is 0. The summed E-state index contributed by atoms with van der Waals surface area (Å²) in [6.07, 6.45) is 1.31. The number of aromatic nitrogens is 3. The van der Waals surface area contributed by atoms with Gasteiger partial charge >= 0.3 is 0 Å². The largest absolute Gasteiger partial charge is 0.266 e. The number of nitrogens with zero attached hydrogens (tertiary/aromatic N) is 3. The van der Waals surface area contributed by atoms with Crippen molar-refractivity contribution in [3.63, 3.8) is 0 Å². The van der Waals surface area contributed by atoms with Crippen molar-refractivity contribution in [2.75, 3.05) is 4.72 Å². The van der Waals surface area contributed by atoms with Crippen LogP contribution in [0.5, 0.6) is 0 Å². The van der Waals surface area contributed by atoms with E-state index in [1.807, 2.05) is 0 Å². The van der Waals surface area contributed by atoms with E-state index in [2.05, 4.69) is 14.8 Å². The number of para-hydroxylation sites is 1. The van der Waals surface area contributed by atoms with E-state index in [9.17, 15) is 8.42 Å². The molecule has 0 spiro atoms. The lowest BCUT2D eigenvalue weighted by Gasteiger charge is -2.17. The Bertz CT molecular complexity index is 632. The second kappa shape index (κ2) is 2.57. The van der Waals surface area contributed by atoms with E-state index in [0.29, 0.717) is 5.69 Å². The molecule has 76 valence electrons. The molecule has 0 aliphatic carbocycles. The Morgan fingerprint density at radius 1 is 1.27 bits per heavy atom. The van der Waals surface area contributed by atoms with Crippen LogP contribution in [0.2, 0.25) is 0 Å². The van der Waals surface area contributed by atoms with Gasteiger partial charge in [0.15, 0.2) is 0 Å². The van der Waals surface area contributed by atoms with E-state index in [1.54, 1.807) is 18.2 Å². The van der Waals surface area contributed by atoms with Crippen molar-refractivity contribution in [2.24, 2.45) is 0 Å². The summed E-state index contributed by atoms with van der Waals surface area (Å²) in [5, 5.41) is 3.94. The minimum absolute atomic E-state index is 0.211. The Morgan fingerprint density at radius 3 is 2.93 bits per heavy atom. The molecule has 3 rings (SSSR count). The van der Waals surface area contributed by atoms with Crippen LogP contribution in [0.1, 0.15) is 0 Å². The van der Waals surface area contributed by atoms with Crippen molar-refractivity contribution >= 4 is 16.0 Å². The molecule has 0 bridgehead atoms. The first kappa shape index (κ1) is 8.42. The predicted octanol–water partition coefficient (Wildman–Crippen LogP) is 0.381. The van der Waals surface area contributed by atoms with Crippen LogP contribution in [0.4, 0.5) is 5.95 Å². The van der Waals surface area contributed by atoms with E-state index in [-0.39, 0.29) is 10.8 Å². The first-order chi connectivity index (χ1) is 7.18. The fourth-order valence-electron chi connectivity index (χ4n) is 1.52. The van der Waals surface area contributed by atoms with Gasteiger partial charge in [0, 0.05) is 0 Å². The summed E-state index contributed by atoms with van der Waals surface area (Å²) in [6.45, 7) is 0. The Balaban J connectivity index is 2.44. The number of benzene rings is 1. The molecular formula is C8H6N4O2S. The summed E-state index contributed by atoms with van der Waals surface area (Å²) in [5.41, 5.74) is 0.517. The Labute approximate surface area is 85.6 Å². The monoisotopic (exact) mass is 222 g/mol. The topological polar surface area (TPSA) is 76.9 Å². The smallest absolute Gasteiger partial charge is 0.247 e. The first-order valence-electron chi connectivity index (χ1n) is 4.21. The first-order valence-corrected chi connectivity index (χ1v) is 5.69. The molecule has 0 amide bonds. The third kappa shape index (κ3) is 1.06. The average Bonchev–Trinajstić information content (AvgIpc) is 2.65. The van der Waals surface area contributed by atoms with Gasteiger partial charge in [0.25, 0.3) is 10.0 Å². The molecule has 2 aromatic rings. The molecule has 1 aromatic carbocycles. The third-order valence-electron chi connectivity index (χ3n) is 2.16. The zero-order valence-corrected chi connectivity index (χ0v) is 8.27. The lowest BCUT2D eigenvalue weighted by atomic mass is 10.3. The van der Waals surface area contributed by atoms with Gasteiger partial charge in [-0.3, -0.25) is 0 Å². The molecule has 1 aliphatic heterocycles. The molecular weight excluding hydrogens is 216 g/mol. The SMILES string of the molecule is O=S1(=O)Nc2ncnn2-c2ccccc21. The quantitative estimate of drug-likeness (QED) is 0.699. The summed E-state index contributed by atoms with van der Waals surface area (Å²) in [6, 6.07) is 6.64. The lowest BCUT2D eigenvalue weighted by Crippen LogP contribution is -2.23. The van der Waals surface area contributed by atoms with Crippen molar-refractivity contribution in [1.82, 2.24) is 14.8 Å². The van der Waals surface area contributed by atoms with Crippen LogP contribution in [-0.2, 0) is 10.0 Å². The maximum Gasteiger partial charge on any atom is 0.266 e. The van der Waals surface area contributed by atoms with Gasteiger partial charge in [0.2, 0.25) is 5.95 Å². The molecule has 0 saturated carbocycles. The van der Waals surface area contributed by atoms with Gasteiger partial charge in [0.1, 0.15) is 11.2 Å². The van der Waals surface area contributed by atoms with E-state index in [1.165, 1.54) is 17.1 Å². The van der Waals surface area contributed by atoms with E-state index in [0.717, 1.165) is 0 Å². The number of hydrogen-bond acceptors (Lipinski definition) is 4. The van der Waals surface area contributed by atoms with Crippen molar-refractivity contribution in [1.29, 1.82) is 0 Å². The summed E-state index contributed by atoms with van der Waals surface area (Å²) < 4.78 is 27.3. The molecule has 1 aliphatic rings. The van der Waals surface area contributed by atoms with Crippen molar-refractivity contribution in [2.45, 2.75) is 4.90 Å². The van der Waals surface area contributed by atoms with Gasteiger partial charge in [-0.1, -0.05) is 12.1 Å².